The molecule has 0 unspecified atom stereocenters. The number of ether oxygens (including phenoxy) is 2. The number of anilines is 1. The molecular formula is C22H30N2O5S. The molecule has 0 aliphatic heterocycles. The predicted octanol–water partition coefficient (Wildman–Crippen LogP) is 3.35. The molecule has 30 heavy (non-hydrogen) atoms. The van der Waals surface area contributed by atoms with Crippen LogP contribution in [0.2, 0.25) is 0 Å². The molecule has 0 saturated carbocycles. The van der Waals surface area contributed by atoms with E-state index in [0.29, 0.717) is 37.6 Å². The number of hydrogen-bond donors (Lipinski definition) is 1. The summed E-state index contributed by atoms with van der Waals surface area (Å²) in [6.07, 6.45) is 1.77. The second-order valence-corrected chi connectivity index (χ2v) is 8.60. The van der Waals surface area contributed by atoms with Gasteiger partial charge in [-0.05, 0) is 50.1 Å². The van der Waals surface area contributed by atoms with E-state index in [1.807, 2.05) is 38.1 Å². The molecule has 0 heterocycles. The highest BCUT2D eigenvalue weighted by Gasteiger charge is 2.21. The minimum absolute atomic E-state index is 0.129. The summed E-state index contributed by atoms with van der Waals surface area (Å²) < 4.78 is 36.9. The number of carbonyl (C=O) groups is 1. The van der Waals surface area contributed by atoms with Crippen molar-refractivity contribution in [2.75, 3.05) is 30.3 Å². The second-order valence-electron chi connectivity index (χ2n) is 6.69. The molecular weight excluding hydrogens is 404 g/mol. The highest BCUT2D eigenvalue weighted by molar-refractivity contribution is 7.92. The molecule has 0 aromatic heterocycles. The van der Waals surface area contributed by atoms with Gasteiger partial charge >= 0.3 is 0 Å². The van der Waals surface area contributed by atoms with Gasteiger partial charge < -0.3 is 14.8 Å². The fourth-order valence-electron chi connectivity index (χ4n) is 2.95. The van der Waals surface area contributed by atoms with Gasteiger partial charge in [0.2, 0.25) is 15.9 Å². The van der Waals surface area contributed by atoms with Gasteiger partial charge in [-0.15, -0.1) is 0 Å². The fraction of sp³-hybridized carbons (Fsp3) is 0.409. The fourth-order valence-corrected chi connectivity index (χ4v) is 3.92. The molecule has 0 spiro atoms. The molecule has 0 radical (unpaired) electrons. The number of sulfonamides is 1. The van der Waals surface area contributed by atoms with Gasteiger partial charge in [-0.2, -0.15) is 0 Å². The summed E-state index contributed by atoms with van der Waals surface area (Å²) in [4.78, 5) is 12.2. The summed E-state index contributed by atoms with van der Waals surface area (Å²) in [5.74, 6) is 1.17. The zero-order valence-corrected chi connectivity index (χ0v) is 18.6. The SMILES string of the molecule is CCOc1ccc(CNC(=O)CCCN(c2ccccc2OCC)S(C)(=O)=O)cc1. The van der Waals surface area contributed by atoms with Crippen LogP contribution in [0.1, 0.15) is 32.3 Å². The summed E-state index contributed by atoms with van der Waals surface area (Å²) in [5.41, 5.74) is 1.45. The number of para-hydroxylation sites is 2. The lowest BCUT2D eigenvalue weighted by Gasteiger charge is -2.24. The number of nitrogens with zero attached hydrogens (tertiary/aromatic N) is 1. The minimum Gasteiger partial charge on any atom is -0.494 e. The third-order valence-corrected chi connectivity index (χ3v) is 5.50. The zero-order chi connectivity index (χ0) is 22.0. The average Bonchev–Trinajstić information content (AvgIpc) is 2.71. The predicted molar refractivity (Wildman–Crippen MR) is 118 cm³/mol. The quantitative estimate of drug-likeness (QED) is 0.554. The van der Waals surface area contributed by atoms with Gasteiger partial charge in [-0.3, -0.25) is 9.10 Å². The lowest BCUT2D eigenvalue weighted by Crippen LogP contribution is -2.32. The normalized spacial score (nSPS) is 11.0. The molecule has 1 amide bonds. The van der Waals surface area contributed by atoms with E-state index in [-0.39, 0.29) is 18.9 Å². The third-order valence-electron chi connectivity index (χ3n) is 4.32. The Morgan fingerprint density at radius 3 is 2.30 bits per heavy atom. The molecule has 7 nitrogen and oxygen atoms in total. The molecule has 0 bridgehead atoms. The van der Waals surface area contributed by atoms with Crippen molar-refractivity contribution in [3.63, 3.8) is 0 Å². The number of nitrogens with one attached hydrogen (secondary N) is 1. The van der Waals surface area contributed by atoms with E-state index in [1.165, 1.54) is 4.31 Å². The summed E-state index contributed by atoms with van der Waals surface area (Å²) in [7, 11) is -3.51. The van der Waals surface area contributed by atoms with Crippen LogP contribution in [-0.4, -0.2) is 40.3 Å². The van der Waals surface area contributed by atoms with Crippen molar-refractivity contribution in [1.29, 1.82) is 0 Å². The zero-order valence-electron chi connectivity index (χ0n) is 17.8. The van der Waals surface area contributed by atoms with Crippen molar-refractivity contribution < 1.29 is 22.7 Å². The summed E-state index contributed by atoms with van der Waals surface area (Å²) in [6.45, 7) is 5.41. The van der Waals surface area contributed by atoms with Crippen LogP contribution in [0.25, 0.3) is 0 Å². The first-order valence-corrected chi connectivity index (χ1v) is 11.9. The van der Waals surface area contributed by atoms with Crippen LogP contribution < -0.4 is 19.1 Å². The average molecular weight is 435 g/mol. The molecule has 2 aromatic carbocycles. The van der Waals surface area contributed by atoms with E-state index in [1.54, 1.807) is 24.3 Å². The molecule has 8 heteroatoms. The first-order valence-electron chi connectivity index (χ1n) is 10.0. The number of rotatable bonds is 12. The highest BCUT2D eigenvalue weighted by Crippen LogP contribution is 2.30. The molecule has 1 N–H and O–H groups in total. The van der Waals surface area contributed by atoms with E-state index in [4.69, 9.17) is 9.47 Å². The number of amides is 1. The molecule has 0 aliphatic rings. The van der Waals surface area contributed by atoms with Gasteiger partial charge in [0.05, 0.1) is 25.2 Å². The maximum Gasteiger partial charge on any atom is 0.232 e. The maximum atomic E-state index is 12.3. The van der Waals surface area contributed by atoms with E-state index >= 15 is 0 Å². The number of benzene rings is 2. The lowest BCUT2D eigenvalue weighted by atomic mass is 10.2. The molecule has 2 rings (SSSR count). The Kier molecular flexibility index (Phi) is 8.98. The van der Waals surface area contributed by atoms with Crippen molar-refractivity contribution in [2.24, 2.45) is 0 Å². The van der Waals surface area contributed by atoms with E-state index in [0.717, 1.165) is 17.6 Å². The Morgan fingerprint density at radius 2 is 1.67 bits per heavy atom. The summed E-state index contributed by atoms with van der Waals surface area (Å²) in [5, 5.41) is 2.86. The van der Waals surface area contributed by atoms with Crippen molar-refractivity contribution >= 4 is 21.6 Å². The monoisotopic (exact) mass is 434 g/mol. The largest absolute Gasteiger partial charge is 0.494 e. The first-order chi connectivity index (χ1) is 14.3. The Hall–Kier alpha value is -2.74. The van der Waals surface area contributed by atoms with Crippen LogP contribution in [0, 0.1) is 0 Å². The Bertz CT molecular complexity index is 913. The topological polar surface area (TPSA) is 84.9 Å². The molecule has 0 aliphatic carbocycles. The van der Waals surface area contributed by atoms with Gasteiger partial charge in [0.25, 0.3) is 0 Å². The van der Waals surface area contributed by atoms with E-state index in [9.17, 15) is 13.2 Å². The van der Waals surface area contributed by atoms with Crippen LogP contribution in [0.4, 0.5) is 5.69 Å². The minimum atomic E-state index is -3.51. The maximum absolute atomic E-state index is 12.3. The summed E-state index contributed by atoms with van der Waals surface area (Å²) in [6, 6.07) is 14.5. The Balaban J connectivity index is 1.90. The van der Waals surface area contributed by atoms with Crippen molar-refractivity contribution in [3.05, 3.63) is 54.1 Å². The van der Waals surface area contributed by atoms with Crippen LogP contribution in [0.3, 0.4) is 0 Å². The highest BCUT2D eigenvalue weighted by atomic mass is 32.2. The van der Waals surface area contributed by atoms with Gasteiger partial charge in [0.1, 0.15) is 11.5 Å². The molecule has 164 valence electrons. The summed E-state index contributed by atoms with van der Waals surface area (Å²) >= 11 is 0. The first kappa shape index (κ1) is 23.5. The Labute approximate surface area is 179 Å². The van der Waals surface area contributed by atoms with Crippen LogP contribution in [0.5, 0.6) is 11.5 Å². The molecule has 0 fully saturated rings. The van der Waals surface area contributed by atoms with Crippen LogP contribution in [0.15, 0.2) is 48.5 Å². The van der Waals surface area contributed by atoms with Crippen molar-refractivity contribution in [3.8, 4) is 11.5 Å². The third kappa shape index (κ3) is 7.26. The lowest BCUT2D eigenvalue weighted by molar-refractivity contribution is -0.121. The van der Waals surface area contributed by atoms with Crippen molar-refractivity contribution in [1.82, 2.24) is 5.32 Å². The van der Waals surface area contributed by atoms with Crippen LogP contribution >= 0.6 is 0 Å². The standard InChI is InChI=1S/C22H30N2O5S/c1-4-28-19-14-12-18(13-15-19)17-23-22(25)11-8-16-24(30(3,26)27)20-9-6-7-10-21(20)29-5-2/h6-7,9-10,12-15H,4-5,8,11,16-17H2,1-3H3,(H,23,25). The Morgan fingerprint density at radius 1 is 1.00 bits per heavy atom. The van der Waals surface area contributed by atoms with E-state index < -0.39 is 10.0 Å². The van der Waals surface area contributed by atoms with Crippen LogP contribution in [-0.2, 0) is 21.4 Å². The molecule has 0 atom stereocenters. The molecule has 2 aromatic rings. The van der Waals surface area contributed by atoms with Crippen molar-refractivity contribution in [2.45, 2.75) is 33.2 Å². The second kappa shape index (κ2) is 11.4. The van der Waals surface area contributed by atoms with Gasteiger partial charge in [-0.1, -0.05) is 24.3 Å². The van der Waals surface area contributed by atoms with Gasteiger partial charge in [0, 0.05) is 19.5 Å². The van der Waals surface area contributed by atoms with Gasteiger partial charge in [-0.25, -0.2) is 8.42 Å². The molecule has 0 saturated heterocycles. The van der Waals surface area contributed by atoms with Gasteiger partial charge in [0.15, 0.2) is 0 Å². The number of hydrogen-bond acceptors (Lipinski definition) is 5. The smallest absolute Gasteiger partial charge is 0.232 e. The number of carbonyl (C=O) groups excluding carboxylic acids is 1. The van der Waals surface area contributed by atoms with E-state index in [2.05, 4.69) is 5.32 Å².